The number of benzene rings is 1. The fraction of sp³-hybridized carbons (Fsp3) is 0.500. The molecule has 0 heterocycles. The molecule has 25 heavy (non-hydrogen) atoms. The van der Waals surface area contributed by atoms with Crippen LogP contribution in [0, 0.1) is 5.92 Å². The predicted molar refractivity (Wildman–Crippen MR) is 92.5 cm³/mol. The molecule has 1 atom stereocenters. The molecule has 0 radical (unpaired) electrons. The Morgan fingerprint density at radius 1 is 1.24 bits per heavy atom. The average molecular weight is 348 g/mol. The van der Waals surface area contributed by atoms with Crippen LogP contribution in [0.4, 0.5) is 5.69 Å². The van der Waals surface area contributed by atoms with Crippen molar-refractivity contribution in [2.24, 2.45) is 5.92 Å². The van der Waals surface area contributed by atoms with E-state index < -0.39 is 18.6 Å². The van der Waals surface area contributed by atoms with E-state index in [1.54, 1.807) is 31.3 Å². The number of aliphatic carboxylic acids is 1. The molecule has 0 aliphatic heterocycles. The average Bonchev–Trinajstić information content (AvgIpc) is 3.11. The summed E-state index contributed by atoms with van der Waals surface area (Å²) in [5, 5.41) is 11.4. The molecule has 0 aromatic heterocycles. The summed E-state index contributed by atoms with van der Waals surface area (Å²) in [6.07, 6.45) is 4.03. The van der Waals surface area contributed by atoms with Crippen LogP contribution in [0.25, 0.3) is 0 Å². The number of nitrogens with one attached hydrogen (secondary N) is 1. The minimum absolute atomic E-state index is 0.152. The van der Waals surface area contributed by atoms with E-state index in [0.717, 1.165) is 25.7 Å². The molecule has 2 N–H and O–H groups in total. The molecule has 1 aromatic rings. The summed E-state index contributed by atoms with van der Waals surface area (Å²) in [4.78, 5) is 36.4. The van der Waals surface area contributed by atoms with Crippen LogP contribution in [0.2, 0.25) is 0 Å². The van der Waals surface area contributed by atoms with Crippen LogP contribution >= 0.6 is 0 Å². The summed E-state index contributed by atoms with van der Waals surface area (Å²) in [5.74, 6) is -0.832. The summed E-state index contributed by atoms with van der Waals surface area (Å²) in [6, 6.07) is 6.09. The maximum atomic E-state index is 12.9. The molecule has 136 valence electrons. The van der Waals surface area contributed by atoms with Crippen LogP contribution in [-0.2, 0) is 14.4 Å². The van der Waals surface area contributed by atoms with Gasteiger partial charge in [0.05, 0.1) is 0 Å². The summed E-state index contributed by atoms with van der Waals surface area (Å²) < 4.78 is 5.08. The van der Waals surface area contributed by atoms with Gasteiger partial charge in [-0.3, -0.25) is 9.59 Å². The van der Waals surface area contributed by atoms with Crippen LogP contribution in [0.15, 0.2) is 24.3 Å². The molecule has 7 nitrogen and oxygen atoms in total. The lowest BCUT2D eigenvalue weighted by Gasteiger charge is -2.28. The lowest BCUT2D eigenvalue weighted by molar-refractivity contribution is -0.139. The van der Waals surface area contributed by atoms with Crippen molar-refractivity contribution in [3.05, 3.63) is 24.3 Å². The van der Waals surface area contributed by atoms with Gasteiger partial charge in [0.25, 0.3) is 0 Å². The van der Waals surface area contributed by atoms with Gasteiger partial charge in [-0.25, -0.2) is 4.79 Å². The van der Waals surface area contributed by atoms with Crippen molar-refractivity contribution >= 4 is 23.5 Å². The smallest absolute Gasteiger partial charge is 0.341 e. The van der Waals surface area contributed by atoms with Crippen LogP contribution in [0.3, 0.4) is 0 Å². The highest BCUT2D eigenvalue weighted by molar-refractivity contribution is 5.98. The van der Waals surface area contributed by atoms with Gasteiger partial charge in [0.2, 0.25) is 11.8 Å². The number of amides is 2. The first-order valence-electron chi connectivity index (χ1n) is 8.38. The second-order valence-corrected chi connectivity index (χ2v) is 6.30. The number of ether oxygens (including phenoxy) is 1. The zero-order chi connectivity index (χ0) is 18.4. The first kappa shape index (κ1) is 18.8. The van der Waals surface area contributed by atoms with E-state index in [0.29, 0.717) is 11.4 Å². The molecule has 1 aliphatic rings. The Hall–Kier alpha value is -2.57. The first-order valence-corrected chi connectivity index (χ1v) is 8.38. The van der Waals surface area contributed by atoms with E-state index in [1.807, 2.05) is 0 Å². The van der Waals surface area contributed by atoms with E-state index in [1.165, 1.54) is 11.8 Å². The van der Waals surface area contributed by atoms with Crippen molar-refractivity contribution in [2.75, 3.05) is 18.6 Å². The number of nitrogens with zero attached hydrogens (tertiary/aromatic N) is 1. The van der Waals surface area contributed by atoms with Gasteiger partial charge in [0.1, 0.15) is 11.8 Å². The molecular weight excluding hydrogens is 324 g/mol. The largest absolute Gasteiger partial charge is 0.482 e. The molecule has 1 saturated carbocycles. The number of hydrogen-bond acceptors (Lipinski definition) is 4. The fourth-order valence-electron chi connectivity index (χ4n) is 3.14. The second kappa shape index (κ2) is 8.50. The van der Waals surface area contributed by atoms with Crippen molar-refractivity contribution in [2.45, 2.75) is 38.6 Å². The summed E-state index contributed by atoms with van der Waals surface area (Å²) in [7, 11) is 1.67. The Bertz CT molecular complexity index is 623. The number of carbonyl (C=O) groups excluding carboxylic acids is 2. The molecular formula is C18H24N2O5. The monoisotopic (exact) mass is 348 g/mol. The van der Waals surface area contributed by atoms with Crippen molar-refractivity contribution in [3.63, 3.8) is 0 Å². The van der Waals surface area contributed by atoms with Crippen molar-refractivity contribution in [1.82, 2.24) is 5.32 Å². The van der Waals surface area contributed by atoms with E-state index >= 15 is 0 Å². The maximum absolute atomic E-state index is 12.9. The van der Waals surface area contributed by atoms with Gasteiger partial charge < -0.3 is 20.1 Å². The van der Waals surface area contributed by atoms with Gasteiger partial charge in [-0.1, -0.05) is 12.8 Å². The number of rotatable bonds is 7. The van der Waals surface area contributed by atoms with E-state index in [-0.39, 0.29) is 17.7 Å². The maximum Gasteiger partial charge on any atom is 0.341 e. The first-order chi connectivity index (χ1) is 11.9. The molecule has 1 aliphatic carbocycles. The summed E-state index contributed by atoms with van der Waals surface area (Å²) in [5.41, 5.74) is 0.654. The highest BCUT2D eigenvalue weighted by Crippen LogP contribution is 2.29. The summed E-state index contributed by atoms with van der Waals surface area (Å²) in [6.45, 7) is 1.00. The zero-order valence-electron chi connectivity index (χ0n) is 14.5. The van der Waals surface area contributed by atoms with Crippen LogP contribution < -0.4 is 15.0 Å². The molecule has 1 aromatic carbocycles. The van der Waals surface area contributed by atoms with E-state index in [4.69, 9.17) is 9.84 Å². The van der Waals surface area contributed by atoms with Gasteiger partial charge in [-0.2, -0.15) is 0 Å². The molecule has 2 rings (SSSR count). The van der Waals surface area contributed by atoms with Gasteiger partial charge in [0.15, 0.2) is 6.61 Å². The van der Waals surface area contributed by atoms with Gasteiger partial charge >= 0.3 is 5.97 Å². The number of carbonyl (C=O) groups is 3. The summed E-state index contributed by atoms with van der Waals surface area (Å²) >= 11 is 0. The SMILES string of the molecule is CC(=O)NC(C(=O)N(C)c1ccc(OCC(=O)O)cc1)C1CCCC1. The third-order valence-corrected chi connectivity index (χ3v) is 4.41. The Labute approximate surface area is 147 Å². The number of carboxylic acid groups (broad SMARTS) is 1. The molecule has 1 fully saturated rings. The number of carboxylic acids is 1. The Kier molecular flexibility index (Phi) is 6.38. The van der Waals surface area contributed by atoms with Crippen LogP contribution in [0.1, 0.15) is 32.6 Å². The van der Waals surface area contributed by atoms with Gasteiger partial charge in [0, 0.05) is 19.7 Å². The number of hydrogen-bond donors (Lipinski definition) is 2. The van der Waals surface area contributed by atoms with Gasteiger partial charge in [-0.05, 0) is 43.0 Å². The van der Waals surface area contributed by atoms with Gasteiger partial charge in [-0.15, -0.1) is 0 Å². The van der Waals surface area contributed by atoms with Crippen molar-refractivity contribution < 1.29 is 24.2 Å². The minimum atomic E-state index is -1.05. The Balaban J connectivity index is 2.07. The molecule has 7 heteroatoms. The van der Waals surface area contributed by atoms with E-state index in [2.05, 4.69) is 5.32 Å². The van der Waals surface area contributed by atoms with E-state index in [9.17, 15) is 14.4 Å². The zero-order valence-corrected chi connectivity index (χ0v) is 14.5. The molecule has 2 amide bonds. The third kappa shape index (κ3) is 5.20. The number of anilines is 1. The Morgan fingerprint density at radius 3 is 2.36 bits per heavy atom. The molecule has 0 saturated heterocycles. The highest BCUT2D eigenvalue weighted by Gasteiger charge is 2.33. The van der Waals surface area contributed by atoms with Crippen molar-refractivity contribution in [3.8, 4) is 5.75 Å². The highest BCUT2D eigenvalue weighted by atomic mass is 16.5. The fourth-order valence-corrected chi connectivity index (χ4v) is 3.14. The lowest BCUT2D eigenvalue weighted by atomic mass is 9.96. The number of likely N-dealkylation sites (N-methyl/N-ethyl adjacent to an activating group) is 1. The molecule has 1 unspecified atom stereocenters. The normalized spacial score (nSPS) is 15.4. The standard InChI is InChI=1S/C18H24N2O5/c1-12(21)19-17(13-5-3-4-6-13)18(24)20(2)14-7-9-15(10-8-14)25-11-16(22)23/h7-10,13,17H,3-6,11H2,1-2H3,(H,19,21)(H,22,23). The molecule has 0 bridgehead atoms. The minimum Gasteiger partial charge on any atom is -0.482 e. The van der Waals surface area contributed by atoms with Crippen molar-refractivity contribution in [1.29, 1.82) is 0 Å². The lowest BCUT2D eigenvalue weighted by Crippen LogP contribution is -2.50. The van der Waals surface area contributed by atoms with Crippen LogP contribution in [0.5, 0.6) is 5.75 Å². The third-order valence-electron chi connectivity index (χ3n) is 4.41. The second-order valence-electron chi connectivity index (χ2n) is 6.30. The topological polar surface area (TPSA) is 95.9 Å². The van der Waals surface area contributed by atoms with Crippen LogP contribution in [-0.4, -0.2) is 42.6 Å². The Morgan fingerprint density at radius 2 is 1.84 bits per heavy atom. The predicted octanol–water partition coefficient (Wildman–Crippen LogP) is 1.81. The molecule has 0 spiro atoms. The quantitative estimate of drug-likeness (QED) is 0.783.